The number of aryl methyl sites for hydroxylation is 1. The smallest absolute Gasteiger partial charge is 0.0943 e. The fourth-order valence-electron chi connectivity index (χ4n) is 1.54. The SMILES string of the molecule is CCNC(CSC(C)(C)C)Cc1nc(C)cs1. The van der Waals surface area contributed by atoms with E-state index in [1.165, 1.54) is 5.01 Å². The van der Waals surface area contributed by atoms with Crippen LogP contribution in [0.1, 0.15) is 38.4 Å². The predicted octanol–water partition coefficient (Wildman–Crippen LogP) is 3.50. The van der Waals surface area contributed by atoms with Gasteiger partial charge in [-0.1, -0.05) is 27.7 Å². The maximum atomic E-state index is 4.55. The highest BCUT2D eigenvalue weighted by Crippen LogP contribution is 2.24. The summed E-state index contributed by atoms with van der Waals surface area (Å²) >= 11 is 3.80. The summed E-state index contributed by atoms with van der Waals surface area (Å²) in [6, 6.07) is 0.537. The van der Waals surface area contributed by atoms with Crippen LogP contribution in [0.2, 0.25) is 0 Å². The van der Waals surface area contributed by atoms with E-state index < -0.39 is 0 Å². The van der Waals surface area contributed by atoms with Crippen molar-refractivity contribution >= 4 is 23.1 Å². The molecule has 98 valence electrons. The number of aromatic nitrogens is 1. The van der Waals surface area contributed by atoms with E-state index in [4.69, 9.17) is 0 Å². The van der Waals surface area contributed by atoms with Crippen LogP contribution in [0.5, 0.6) is 0 Å². The maximum absolute atomic E-state index is 4.55. The number of thiazole rings is 1. The number of nitrogens with zero attached hydrogens (tertiary/aromatic N) is 1. The van der Waals surface area contributed by atoms with Crippen LogP contribution in [0, 0.1) is 6.92 Å². The molecule has 0 amide bonds. The first-order valence-electron chi connectivity index (χ1n) is 6.19. The Kier molecular flexibility index (Phi) is 5.97. The van der Waals surface area contributed by atoms with E-state index in [9.17, 15) is 0 Å². The predicted molar refractivity (Wildman–Crippen MR) is 80.2 cm³/mol. The molecule has 0 spiro atoms. The summed E-state index contributed by atoms with van der Waals surface area (Å²) in [5.74, 6) is 1.15. The molecule has 0 aliphatic rings. The first-order chi connectivity index (χ1) is 7.90. The normalized spacial score (nSPS) is 13.9. The molecule has 17 heavy (non-hydrogen) atoms. The maximum Gasteiger partial charge on any atom is 0.0943 e. The Balaban J connectivity index is 2.48. The molecular formula is C13H24N2S2. The molecule has 0 aliphatic carbocycles. The van der Waals surface area contributed by atoms with Crippen molar-refractivity contribution in [1.82, 2.24) is 10.3 Å². The molecule has 1 atom stereocenters. The lowest BCUT2D eigenvalue weighted by molar-refractivity contribution is 0.569. The summed E-state index contributed by atoms with van der Waals surface area (Å²) in [6.07, 6.45) is 1.05. The number of nitrogens with one attached hydrogen (secondary N) is 1. The quantitative estimate of drug-likeness (QED) is 0.858. The van der Waals surface area contributed by atoms with Gasteiger partial charge in [0.15, 0.2) is 0 Å². The Bertz CT molecular complexity index is 328. The molecule has 0 radical (unpaired) electrons. The van der Waals surface area contributed by atoms with Crippen LogP contribution < -0.4 is 5.32 Å². The lowest BCUT2D eigenvalue weighted by Gasteiger charge is -2.23. The van der Waals surface area contributed by atoms with Crippen molar-refractivity contribution in [3.63, 3.8) is 0 Å². The topological polar surface area (TPSA) is 24.9 Å². The minimum atomic E-state index is 0.340. The van der Waals surface area contributed by atoms with Gasteiger partial charge in [0.25, 0.3) is 0 Å². The largest absolute Gasteiger partial charge is 0.313 e. The first kappa shape index (κ1) is 15.0. The Morgan fingerprint density at radius 2 is 2.18 bits per heavy atom. The fraction of sp³-hybridized carbons (Fsp3) is 0.769. The fourth-order valence-corrected chi connectivity index (χ4v) is 3.33. The third-order valence-corrected chi connectivity index (χ3v) is 4.72. The van der Waals surface area contributed by atoms with Crippen molar-refractivity contribution in [1.29, 1.82) is 0 Å². The van der Waals surface area contributed by atoms with Gasteiger partial charge in [0, 0.05) is 34.0 Å². The van der Waals surface area contributed by atoms with E-state index in [-0.39, 0.29) is 0 Å². The second kappa shape index (κ2) is 6.76. The van der Waals surface area contributed by atoms with Crippen LogP contribution in [0.3, 0.4) is 0 Å². The van der Waals surface area contributed by atoms with Crippen molar-refractivity contribution < 1.29 is 0 Å². The zero-order chi connectivity index (χ0) is 12.9. The third kappa shape index (κ3) is 6.43. The van der Waals surface area contributed by atoms with E-state index in [0.29, 0.717) is 10.8 Å². The van der Waals surface area contributed by atoms with Crippen molar-refractivity contribution in [2.75, 3.05) is 12.3 Å². The van der Waals surface area contributed by atoms with Gasteiger partial charge in [-0.25, -0.2) is 4.98 Å². The Morgan fingerprint density at radius 3 is 2.65 bits per heavy atom. The Hall–Kier alpha value is -0.0600. The molecule has 1 rings (SSSR count). The van der Waals surface area contributed by atoms with Crippen LogP contribution in [0.4, 0.5) is 0 Å². The third-order valence-electron chi connectivity index (χ3n) is 2.30. The van der Waals surface area contributed by atoms with Gasteiger partial charge in [-0.3, -0.25) is 0 Å². The molecule has 1 N–H and O–H groups in total. The molecule has 0 saturated heterocycles. The number of rotatable bonds is 6. The summed E-state index contributed by atoms with van der Waals surface area (Å²) in [5, 5.41) is 6.95. The monoisotopic (exact) mass is 272 g/mol. The van der Waals surface area contributed by atoms with Gasteiger partial charge in [0.1, 0.15) is 0 Å². The van der Waals surface area contributed by atoms with Gasteiger partial charge in [0.2, 0.25) is 0 Å². The Morgan fingerprint density at radius 1 is 1.47 bits per heavy atom. The van der Waals surface area contributed by atoms with Crippen molar-refractivity contribution in [3.8, 4) is 0 Å². The van der Waals surface area contributed by atoms with E-state index >= 15 is 0 Å². The second-order valence-corrected chi connectivity index (χ2v) is 8.05. The van der Waals surface area contributed by atoms with E-state index in [1.54, 1.807) is 11.3 Å². The number of hydrogen-bond acceptors (Lipinski definition) is 4. The standard InChI is InChI=1S/C13H24N2S2/c1-6-14-11(9-17-13(3,4)5)7-12-15-10(2)8-16-12/h8,11,14H,6-7,9H2,1-5H3. The number of hydrogen-bond donors (Lipinski definition) is 1. The summed E-state index contributed by atoms with van der Waals surface area (Å²) in [4.78, 5) is 4.55. The molecule has 1 aromatic heterocycles. The lowest BCUT2D eigenvalue weighted by Crippen LogP contribution is -2.34. The number of likely N-dealkylation sites (N-methyl/N-ethyl adjacent to an activating group) is 1. The van der Waals surface area contributed by atoms with Gasteiger partial charge < -0.3 is 5.32 Å². The molecule has 1 unspecified atom stereocenters. The molecule has 0 saturated carbocycles. The lowest BCUT2D eigenvalue weighted by atomic mass is 10.2. The van der Waals surface area contributed by atoms with Crippen molar-refractivity contribution in [2.24, 2.45) is 0 Å². The molecule has 0 aromatic carbocycles. The van der Waals surface area contributed by atoms with E-state index in [1.807, 2.05) is 11.8 Å². The average molecular weight is 272 g/mol. The van der Waals surface area contributed by atoms with Gasteiger partial charge >= 0.3 is 0 Å². The van der Waals surface area contributed by atoms with Gasteiger partial charge in [-0.15, -0.1) is 11.3 Å². The molecular weight excluding hydrogens is 248 g/mol. The number of thioether (sulfide) groups is 1. The molecule has 0 bridgehead atoms. The molecule has 1 heterocycles. The highest BCUT2D eigenvalue weighted by molar-refractivity contribution is 8.00. The van der Waals surface area contributed by atoms with Crippen LogP contribution in [-0.4, -0.2) is 28.1 Å². The molecule has 1 aromatic rings. The molecule has 2 nitrogen and oxygen atoms in total. The van der Waals surface area contributed by atoms with Crippen LogP contribution in [0.25, 0.3) is 0 Å². The summed E-state index contributed by atoms with van der Waals surface area (Å²) in [6.45, 7) is 12.1. The van der Waals surface area contributed by atoms with Gasteiger partial charge in [-0.05, 0) is 13.5 Å². The summed E-state index contributed by atoms with van der Waals surface area (Å²) in [7, 11) is 0. The highest BCUT2D eigenvalue weighted by Gasteiger charge is 2.16. The molecule has 4 heteroatoms. The minimum Gasteiger partial charge on any atom is -0.313 e. The van der Waals surface area contributed by atoms with E-state index in [0.717, 1.165) is 24.4 Å². The minimum absolute atomic E-state index is 0.340. The zero-order valence-corrected chi connectivity index (χ0v) is 13.2. The van der Waals surface area contributed by atoms with Gasteiger partial charge in [-0.2, -0.15) is 11.8 Å². The van der Waals surface area contributed by atoms with Crippen LogP contribution >= 0.6 is 23.1 Å². The van der Waals surface area contributed by atoms with Crippen molar-refractivity contribution in [3.05, 3.63) is 16.1 Å². The zero-order valence-electron chi connectivity index (χ0n) is 11.5. The van der Waals surface area contributed by atoms with E-state index in [2.05, 4.69) is 50.3 Å². The Labute approximate surface area is 114 Å². The second-order valence-electron chi connectivity index (χ2n) is 5.26. The van der Waals surface area contributed by atoms with Gasteiger partial charge in [0.05, 0.1) is 5.01 Å². The molecule has 0 fully saturated rings. The van der Waals surface area contributed by atoms with Crippen molar-refractivity contribution in [2.45, 2.75) is 51.8 Å². The first-order valence-corrected chi connectivity index (χ1v) is 8.05. The summed E-state index contributed by atoms with van der Waals surface area (Å²) < 4.78 is 0.340. The van der Waals surface area contributed by atoms with Crippen LogP contribution in [0.15, 0.2) is 5.38 Å². The highest BCUT2D eigenvalue weighted by atomic mass is 32.2. The average Bonchev–Trinajstić information content (AvgIpc) is 2.60. The molecule has 0 aliphatic heterocycles. The summed E-state index contributed by atoms with van der Waals surface area (Å²) in [5.41, 5.74) is 1.14. The van der Waals surface area contributed by atoms with Crippen LogP contribution in [-0.2, 0) is 6.42 Å².